The average Bonchev–Trinajstić information content (AvgIpc) is 2.95. The van der Waals surface area contributed by atoms with E-state index in [1.807, 2.05) is 22.9 Å². The third-order valence-electron chi connectivity index (χ3n) is 3.95. The summed E-state index contributed by atoms with van der Waals surface area (Å²) in [6.07, 6.45) is -2.92. The quantitative estimate of drug-likeness (QED) is 0.845. The van der Waals surface area contributed by atoms with Crippen LogP contribution in [-0.4, -0.2) is 30.2 Å². The van der Waals surface area contributed by atoms with Crippen LogP contribution in [0.1, 0.15) is 18.7 Å². The third-order valence-corrected chi connectivity index (χ3v) is 5.93. The van der Waals surface area contributed by atoms with E-state index >= 15 is 0 Å². The fourth-order valence-corrected chi connectivity index (χ4v) is 4.43. The standard InChI is InChI=1S/C15H15F3N2O3S/c1-11-14-3-2-8-19(14)9-10-20(11)24(21,22)13-6-4-12(5-7-13)23-15(16,17)18/h2-8,11H,9-10H2,1H3. The van der Waals surface area contributed by atoms with Gasteiger partial charge in [-0.05, 0) is 43.3 Å². The number of ether oxygens (including phenoxy) is 1. The molecule has 2 aromatic rings. The molecule has 3 rings (SSSR count). The number of rotatable bonds is 3. The molecular formula is C15H15F3N2O3S. The van der Waals surface area contributed by atoms with Crippen molar-refractivity contribution in [1.82, 2.24) is 8.87 Å². The topological polar surface area (TPSA) is 51.5 Å². The van der Waals surface area contributed by atoms with Crippen LogP contribution in [-0.2, 0) is 16.6 Å². The maximum atomic E-state index is 12.8. The Bertz CT molecular complexity index is 828. The van der Waals surface area contributed by atoms with Gasteiger partial charge in [0.25, 0.3) is 0 Å². The van der Waals surface area contributed by atoms with Crippen molar-refractivity contribution in [3.63, 3.8) is 0 Å². The Morgan fingerprint density at radius 1 is 1.12 bits per heavy atom. The van der Waals surface area contributed by atoms with Crippen molar-refractivity contribution >= 4 is 10.0 Å². The van der Waals surface area contributed by atoms with Gasteiger partial charge in [0.2, 0.25) is 10.0 Å². The molecule has 1 aromatic carbocycles. The number of halogens is 3. The number of benzene rings is 1. The monoisotopic (exact) mass is 360 g/mol. The molecule has 1 aromatic heterocycles. The Kier molecular flexibility index (Phi) is 4.08. The molecule has 0 bridgehead atoms. The Morgan fingerprint density at radius 2 is 1.79 bits per heavy atom. The highest BCUT2D eigenvalue weighted by Crippen LogP contribution is 2.32. The molecule has 0 radical (unpaired) electrons. The lowest BCUT2D eigenvalue weighted by Gasteiger charge is -2.33. The molecule has 9 heteroatoms. The van der Waals surface area contributed by atoms with Crippen LogP contribution < -0.4 is 4.74 Å². The summed E-state index contributed by atoms with van der Waals surface area (Å²) in [6.45, 7) is 2.61. The van der Waals surface area contributed by atoms with Gasteiger partial charge in [0, 0.05) is 25.0 Å². The number of hydrogen-bond acceptors (Lipinski definition) is 3. The number of nitrogens with zero attached hydrogens (tertiary/aromatic N) is 2. The van der Waals surface area contributed by atoms with E-state index < -0.39 is 22.1 Å². The Labute approximate surface area is 137 Å². The van der Waals surface area contributed by atoms with Crippen molar-refractivity contribution in [3.8, 4) is 5.75 Å². The lowest BCUT2D eigenvalue weighted by molar-refractivity contribution is -0.274. The van der Waals surface area contributed by atoms with Gasteiger partial charge in [-0.15, -0.1) is 13.2 Å². The van der Waals surface area contributed by atoms with Gasteiger partial charge in [-0.25, -0.2) is 8.42 Å². The van der Waals surface area contributed by atoms with Gasteiger partial charge in [0.05, 0.1) is 10.9 Å². The van der Waals surface area contributed by atoms with Gasteiger partial charge >= 0.3 is 6.36 Å². The summed E-state index contributed by atoms with van der Waals surface area (Å²) in [6, 6.07) is 7.59. The van der Waals surface area contributed by atoms with Crippen molar-refractivity contribution < 1.29 is 26.3 Å². The molecule has 1 atom stereocenters. The first-order valence-electron chi connectivity index (χ1n) is 7.21. The molecule has 130 valence electrons. The van der Waals surface area contributed by atoms with Crippen molar-refractivity contribution in [2.75, 3.05) is 6.54 Å². The molecule has 24 heavy (non-hydrogen) atoms. The highest BCUT2D eigenvalue weighted by atomic mass is 32.2. The minimum atomic E-state index is -4.81. The van der Waals surface area contributed by atoms with Crippen molar-refractivity contribution in [2.24, 2.45) is 0 Å². The highest BCUT2D eigenvalue weighted by Gasteiger charge is 2.34. The molecule has 2 heterocycles. The molecule has 5 nitrogen and oxygen atoms in total. The maximum Gasteiger partial charge on any atom is 0.573 e. The summed E-state index contributed by atoms with van der Waals surface area (Å²) in [5.74, 6) is -0.456. The Balaban J connectivity index is 1.86. The maximum absolute atomic E-state index is 12.8. The van der Waals surface area contributed by atoms with E-state index in [-0.39, 0.29) is 10.9 Å². The van der Waals surface area contributed by atoms with E-state index in [0.29, 0.717) is 13.1 Å². The zero-order valence-corrected chi connectivity index (χ0v) is 13.5. The molecule has 0 N–H and O–H groups in total. The number of aromatic nitrogens is 1. The van der Waals surface area contributed by atoms with Gasteiger partial charge in [0.1, 0.15) is 5.75 Å². The summed E-state index contributed by atoms with van der Waals surface area (Å²) in [5, 5.41) is 0. The molecule has 0 saturated carbocycles. The summed E-state index contributed by atoms with van der Waals surface area (Å²) >= 11 is 0. The van der Waals surface area contributed by atoms with Gasteiger partial charge in [0.15, 0.2) is 0 Å². The molecule has 0 amide bonds. The second-order valence-corrected chi connectivity index (χ2v) is 7.33. The fourth-order valence-electron chi connectivity index (χ4n) is 2.83. The van der Waals surface area contributed by atoms with E-state index in [1.165, 1.54) is 4.31 Å². The number of hydrogen-bond donors (Lipinski definition) is 0. The number of fused-ring (bicyclic) bond motifs is 1. The Morgan fingerprint density at radius 3 is 2.42 bits per heavy atom. The number of sulfonamides is 1. The second-order valence-electron chi connectivity index (χ2n) is 5.44. The smallest absolute Gasteiger partial charge is 0.406 e. The largest absolute Gasteiger partial charge is 0.573 e. The molecule has 1 aliphatic heterocycles. The Hall–Kier alpha value is -2.00. The van der Waals surface area contributed by atoms with Crippen LogP contribution >= 0.6 is 0 Å². The van der Waals surface area contributed by atoms with Crippen LogP contribution in [0.2, 0.25) is 0 Å². The first-order valence-corrected chi connectivity index (χ1v) is 8.65. The van der Waals surface area contributed by atoms with Crippen molar-refractivity contribution in [3.05, 3.63) is 48.3 Å². The van der Waals surface area contributed by atoms with E-state index in [1.54, 1.807) is 6.92 Å². The molecule has 0 spiro atoms. The van der Waals surface area contributed by atoms with Gasteiger partial charge < -0.3 is 9.30 Å². The van der Waals surface area contributed by atoms with E-state index in [0.717, 1.165) is 30.0 Å². The van der Waals surface area contributed by atoms with Crippen LogP contribution in [0, 0.1) is 0 Å². The average molecular weight is 360 g/mol. The van der Waals surface area contributed by atoms with Gasteiger partial charge in [-0.2, -0.15) is 4.31 Å². The van der Waals surface area contributed by atoms with Crippen LogP contribution in [0.4, 0.5) is 13.2 Å². The predicted molar refractivity (Wildman–Crippen MR) is 79.9 cm³/mol. The summed E-state index contributed by atoms with van der Waals surface area (Å²) < 4.78 is 69.2. The van der Waals surface area contributed by atoms with Crippen molar-refractivity contribution in [1.29, 1.82) is 0 Å². The first-order chi connectivity index (χ1) is 11.2. The van der Waals surface area contributed by atoms with Crippen LogP contribution in [0.3, 0.4) is 0 Å². The molecule has 0 fully saturated rings. The SMILES string of the molecule is CC1c2cccn2CCN1S(=O)(=O)c1ccc(OC(F)(F)F)cc1. The van der Waals surface area contributed by atoms with Crippen LogP contribution in [0.5, 0.6) is 5.75 Å². The molecule has 1 aliphatic rings. The van der Waals surface area contributed by atoms with Crippen LogP contribution in [0.15, 0.2) is 47.5 Å². The highest BCUT2D eigenvalue weighted by molar-refractivity contribution is 7.89. The number of alkyl halides is 3. The summed E-state index contributed by atoms with van der Waals surface area (Å²) in [7, 11) is -3.81. The predicted octanol–water partition coefficient (Wildman–Crippen LogP) is 3.15. The molecular weight excluding hydrogens is 345 g/mol. The van der Waals surface area contributed by atoms with E-state index in [4.69, 9.17) is 0 Å². The normalized spacial score (nSPS) is 19.1. The van der Waals surface area contributed by atoms with E-state index in [9.17, 15) is 21.6 Å². The minimum Gasteiger partial charge on any atom is -0.406 e. The lowest BCUT2D eigenvalue weighted by Crippen LogP contribution is -2.40. The van der Waals surface area contributed by atoms with Crippen molar-refractivity contribution in [2.45, 2.75) is 30.8 Å². The lowest BCUT2D eigenvalue weighted by atomic mass is 10.2. The summed E-state index contributed by atoms with van der Waals surface area (Å²) in [4.78, 5) is -0.0659. The first kappa shape index (κ1) is 16.8. The zero-order chi connectivity index (χ0) is 17.5. The molecule has 1 unspecified atom stereocenters. The summed E-state index contributed by atoms with van der Waals surface area (Å²) in [5.41, 5.74) is 0.877. The molecule has 0 aliphatic carbocycles. The van der Waals surface area contributed by atoms with E-state index in [2.05, 4.69) is 4.74 Å². The van der Waals surface area contributed by atoms with Gasteiger partial charge in [-0.3, -0.25) is 0 Å². The minimum absolute atomic E-state index is 0.0659. The van der Waals surface area contributed by atoms with Gasteiger partial charge in [-0.1, -0.05) is 0 Å². The van der Waals surface area contributed by atoms with Crippen LogP contribution in [0.25, 0.3) is 0 Å². The zero-order valence-electron chi connectivity index (χ0n) is 12.7. The third kappa shape index (κ3) is 3.13. The molecule has 0 saturated heterocycles. The second kappa shape index (κ2) is 5.82. The fraction of sp³-hybridized carbons (Fsp3) is 0.333.